The van der Waals surface area contributed by atoms with Crippen LogP contribution in [0.2, 0.25) is 0 Å². The number of hydrogen-bond acceptors (Lipinski definition) is 2. The zero-order valence-corrected chi connectivity index (χ0v) is 11.5. The van der Waals surface area contributed by atoms with E-state index >= 15 is 0 Å². The van der Waals surface area contributed by atoms with Crippen LogP contribution in [0.15, 0.2) is 24.3 Å². The summed E-state index contributed by atoms with van der Waals surface area (Å²) < 4.78 is 0. The Balaban J connectivity index is 2.66. The quantitative estimate of drug-likeness (QED) is 0.814. The van der Waals surface area contributed by atoms with Crippen LogP contribution in [0.5, 0.6) is 0 Å². The number of aryl methyl sites for hydroxylation is 1. The van der Waals surface area contributed by atoms with Gasteiger partial charge in [0.2, 0.25) is 0 Å². The molecule has 0 fully saturated rings. The number of aliphatic hydroxyl groups excluding tert-OH is 1. The van der Waals surface area contributed by atoms with Crippen molar-refractivity contribution >= 4 is 5.91 Å². The molecule has 0 saturated heterocycles. The highest BCUT2D eigenvalue weighted by Gasteiger charge is 2.25. The van der Waals surface area contributed by atoms with Crippen LogP contribution in [0.1, 0.15) is 42.6 Å². The number of benzene rings is 1. The molecule has 0 radical (unpaired) electrons. The van der Waals surface area contributed by atoms with E-state index in [2.05, 4.69) is 5.32 Å². The minimum atomic E-state index is -0.195. The van der Waals surface area contributed by atoms with E-state index in [1.165, 1.54) is 0 Å². The van der Waals surface area contributed by atoms with E-state index in [9.17, 15) is 9.90 Å². The molecule has 0 aromatic heterocycles. The second-order valence-corrected chi connectivity index (χ2v) is 4.92. The van der Waals surface area contributed by atoms with Gasteiger partial charge < -0.3 is 10.4 Å². The summed E-state index contributed by atoms with van der Waals surface area (Å²) in [6.07, 6.45) is 1.71. The summed E-state index contributed by atoms with van der Waals surface area (Å²) in [6.45, 7) is 6.67. The summed E-state index contributed by atoms with van der Waals surface area (Å²) in [6, 6.07) is 7.52. The molecule has 1 rings (SSSR count). The molecule has 18 heavy (non-hydrogen) atoms. The molecule has 2 N–H and O–H groups in total. The Morgan fingerprint density at radius 2 is 2.00 bits per heavy atom. The third kappa shape index (κ3) is 3.57. The number of amides is 1. The predicted molar refractivity (Wildman–Crippen MR) is 73.6 cm³/mol. The van der Waals surface area contributed by atoms with Gasteiger partial charge >= 0.3 is 0 Å². The smallest absolute Gasteiger partial charge is 0.251 e. The maximum Gasteiger partial charge on any atom is 0.251 e. The largest absolute Gasteiger partial charge is 0.396 e. The van der Waals surface area contributed by atoms with Gasteiger partial charge in [0.05, 0.1) is 6.61 Å². The first kappa shape index (κ1) is 14.7. The molecule has 0 spiro atoms. The van der Waals surface area contributed by atoms with Gasteiger partial charge in [-0.15, -0.1) is 0 Å². The van der Waals surface area contributed by atoms with E-state index < -0.39 is 0 Å². The number of nitrogens with one attached hydrogen (secondary N) is 1. The van der Waals surface area contributed by atoms with E-state index in [0.29, 0.717) is 12.1 Å². The van der Waals surface area contributed by atoms with Crippen LogP contribution in [0.4, 0.5) is 0 Å². The van der Waals surface area contributed by atoms with E-state index in [4.69, 9.17) is 0 Å². The third-order valence-corrected chi connectivity index (χ3v) is 3.74. The number of rotatable bonds is 6. The lowest BCUT2D eigenvalue weighted by Gasteiger charge is -2.29. The van der Waals surface area contributed by atoms with E-state index in [1.54, 1.807) is 6.07 Å². The van der Waals surface area contributed by atoms with Crippen molar-refractivity contribution in [2.24, 2.45) is 5.41 Å². The fourth-order valence-electron chi connectivity index (χ4n) is 1.94. The van der Waals surface area contributed by atoms with E-state index in [1.807, 2.05) is 39.0 Å². The summed E-state index contributed by atoms with van der Waals surface area (Å²) in [5.41, 5.74) is 1.55. The molecule has 1 amide bonds. The zero-order valence-electron chi connectivity index (χ0n) is 11.5. The highest BCUT2D eigenvalue weighted by Crippen LogP contribution is 2.24. The van der Waals surface area contributed by atoms with Gasteiger partial charge in [-0.3, -0.25) is 4.79 Å². The second kappa shape index (κ2) is 6.55. The van der Waals surface area contributed by atoms with Gasteiger partial charge in [0, 0.05) is 17.5 Å². The highest BCUT2D eigenvalue weighted by molar-refractivity contribution is 5.94. The molecule has 100 valence electrons. The molecule has 0 heterocycles. The molecular formula is C15H23NO2. The molecule has 0 unspecified atom stereocenters. The lowest BCUT2D eigenvalue weighted by atomic mass is 9.83. The minimum absolute atomic E-state index is 0.0709. The van der Waals surface area contributed by atoms with Crippen LogP contribution in [0, 0.1) is 12.3 Å². The van der Waals surface area contributed by atoms with Crippen LogP contribution < -0.4 is 5.32 Å². The molecule has 0 aliphatic carbocycles. The summed E-state index contributed by atoms with van der Waals surface area (Å²) >= 11 is 0. The number of hydrogen-bond donors (Lipinski definition) is 2. The van der Waals surface area contributed by atoms with Crippen molar-refractivity contribution in [3.05, 3.63) is 35.4 Å². The normalized spacial score (nSPS) is 11.3. The molecule has 0 bridgehead atoms. The van der Waals surface area contributed by atoms with Crippen molar-refractivity contribution in [3.63, 3.8) is 0 Å². The molecule has 0 saturated carbocycles. The van der Waals surface area contributed by atoms with Crippen molar-refractivity contribution in [1.29, 1.82) is 0 Å². The Morgan fingerprint density at radius 3 is 2.50 bits per heavy atom. The van der Waals surface area contributed by atoms with E-state index in [-0.39, 0.29) is 17.9 Å². The number of carbonyl (C=O) groups is 1. The number of carbonyl (C=O) groups excluding carboxylic acids is 1. The first-order valence-corrected chi connectivity index (χ1v) is 6.52. The molecular weight excluding hydrogens is 226 g/mol. The van der Waals surface area contributed by atoms with Crippen molar-refractivity contribution < 1.29 is 9.90 Å². The van der Waals surface area contributed by atoms with Crippen molar-refractivity contribution in [2.45, 2.75) is 33.6 Å². The molecule has 0 aliphatic rings. The van der Waals surface area contributed by atoms with Gasteiger partial charge in [0.1, 0.15) is 0 Å². The van der Waals surface area contributed by atoms with Crippen LogP contribution in [-0.2, 0) is 0 Å². The molecule has 0 aliphatic heterocycles. The summed E-state index contributed by atoms with van der Waals surface area (Å²) in [5.74, 6) is -0.0709. The molecule has 1 aromatic carbocycles. The minimum Gasteiger partial charge on any atom is -0.396 e. The predicted octanol–water partition coefficient (Wildman–Crippen LogP) is 2.52. The SMILES string of the molecule is CCC(CC)(CO)CNC(=O)c1cccc(C)c1. The summed E-state index contributed by atoms with van der Waals surface area (Å²) in [4.78, 5) is 12.0. The Bertz CT molecular complexity index is 389. The highest BCUT2D eigenvalue weighted by atomic mass is 16.3. The number of aliphatic hydroxyl groups is 1. The van der Waals surface area contributed by atoms with Gasteiger partial charge in [0.15, 0.2) is 0 Å². The Hall–Kier alpha value is -1.35. The maximum absolute atomic E-state index is 12.0. The zero-order chi connectivity index (χ0) is 13.6. The average Bonchev–Trinajstić information content (AvgIpc) is 2.40. The monoisotopic (exact) mass is 249 g/mol. The van der Waals surface area contributed by atoms with Gasteiger partial charge in [-0.2, -0.15) is 0 Å². The molecule has 1 aromatic rings. The Morgan fingerprint density at radius 1 is 1.33 bits per heavy atom. The van der Waals surface area contributed by atoms with Crippen molar-refractivity contribution in [3.8, 4) is 0 Å². The van der Waals surface area contributed by atoms with Crippen LogP contribution in [0.25, 0.3) is 0 Å². The molecule has 0 atom stereocenters. The van der Waals surface area contributed by atoms with Crippen LogP contribution in [0.3, 0.4) is 0 Å². The van der Waals surface area contributed by atoms with Gasteiger partial charge in [-0.25, -0.2) is 0 Å². The molecule has 3 heteroatoms. The van der Waals surface area contributed by atoms with E-state index in [0.717, 1.165) is 18.4 Å². The van der Waals surface area contributed by atoms with Gasteiger partial charge in [0.25, 0.3) is 5.91 Å². The van der Waals surface area contributed by atoms with Crippen LogP contribution >= 0.6 is 0 Å². The first-order valence-electron chi connectivity index (χ1n) is 6.52. The Kier molecular flexibility index (Phi) is 5.35. The first-order chi connectivity index (χ1) is 8.56. The van der Waals surface area contributed by atoms with Gasteiger partial charge in [-0.1, -0.05) is 31.5 Å². The molecule has 3 nitrogen and oxygen atoms in total. The maximum atomic E-state index is 12.0. The standard InChI is InChI=1S/C15H23NO2/c1-4-15(5-2,11-17)10-16-14(18)13-8-6-7-12(3)9-13/h6-9,17H,4-5,10-11H2,1-3H3,(H,16,18). The van der Waals surface area contributed by atoms with Crippen molar-refractivity contribution in [2.75, 3.05) is 13.2 Å². The lowest BCUT2D eigenvalue weighted by Crippen LogP contribution is -2.39. The van der Waals surface area contributed by atoms with Crippen molar-refractivity contribution in [1.82, 2.24) is 5.32 Å². The second-order valence-electron chi connectivity index (χ2n) is 4.92. The average molecular weight is 249 g/mol. The Labute approximate surface area is 109 Å². The third-order valence-electron chi connectivity index (χ3n) is 3.74. The lowest BCUT2D eigenvalue weighted by molar-refractivity contribution is 0.0851. The summed E-state index contributed by atoms with van der Waals surface area (Å²) in [7, 11) is 0. The fourth-order valence-corrected chi connectivity index (χ4v) is 1.94. The topological polar surface area (TPSA) is 49.3 Å². The summed E-state index contributed by atoms with van der Waals surface area (Å²) in [5, 5.41) is 12.4. The van der Waals surface area contributed by atoms with Crippen LogP contribution in [-0.4, -0.2) is 24.2 Å². The van der Waals surface area contributed by atoms with Gasteiger partial charge in [-0.05, 0) is 31.9 Å². The fraction of sp³-hybridized carbons (Fsp3) is 0.533.